The molecule has 2 amide bonds. The van der Waals surface area contributed by atoms with Gasteiger partial charge < -0.3 is 14.8 Å². The summed E-state index contributed by atoms with van der Waals surface area (Å²) in [4.78, 5) is 14.3. The normalized spacial score (nSPS) is 18.0. The summed E-state index contributed by atoms with van der Waals surface area (Å²) in [6, 6.07) is 11.1. The summed E-state index contributed by atoms with van der Waals surface area (Å²) < 4.78 is 2.06. The Morgan fingerprint density at radius 2 is 2.10 bits per heavy atom. The van der Waals surface area contributed by atoms with Crippen molar-refractivity contribution in [1.29, 1.82) is 0 Å². The van der Waals surface area contributed by atoms with Crippen LogP contribution in [0.4, 0.5) is 10.5 Å². The van der Waals surface area contributed by atoms with Crippen LogP contribution in [0.25, 0.3) is 0 Å². The second kappa shape index (κ2) is 6.03. The standard InChI is InChI=1S/C15H16ClN3OS/c1-18-8-2-3-13(18)14-19(9-10-21-14)15(20)17-12-6-4-11(16)5-7-12/h2-8,14H,9-10H2,1H3,(H,17,20). The maximum atomic E-state index is 12.5. The van der Waals surface area contributed by atoms with Gasteiger partial charge in [-0.25, -0.2) is 4.79 Å². The van der Waals surface area contributed by atoms with Crippen LogP contribution in [0.5, 0.6) is 0 Å². The van der Waals surface area contributed by atoms with Crippen LogP contribution >= 0.6 is 23.4 Å². The molecule has 2 aromatic rings. The van der Waals surface area contributed by atoms with Crippen molar-refractivity contribution >= 4 is 35.1 Å². The molecule has 3 rings (SSSR count). The first kappa shape index (κ1) is 14.4. The number of rotatable bonds is 2. The molecule has 0 saturated carbocycles. The van der Waals surface area contributed by atoms with Gasteiger partial charge in [-0.3, -0.25) is 0 Å². The Kier molecular flexibility index (Phi) is 4.12. The Hall–Kier alpha value is -1.59. The van der Waals surface area contributed by atoms with Gasteiger partial charge in [0.25, 0.3) is 0 Å². The Labute approximate surface area is 133 Å². The summed E-state index contributed by atoms with van der Waals surface area (Å²) in [6.07, 6.45) is 2.00. The first-order chi connectivity index (χ1) is 10.1. The number of hydrogen-bond acceptors (Lipinski definition) is 2. The number of amides is 2. The fraction of sp³-hybridized carbons (Fsp3) is 0.267. The summed E-state index contributed by atoms with van der Waals surface area (Å²) in [5.74, 6) is 0.948. The van der Waals surface area contributed by atoms with Gasteiger partial charge in [0.15, 0.2) is 0 Å². The number of hydrogen-bond donors (Lipinski definition) is 1. The Morgan fingerprint density at radius 3 is 2.76 bits per heavy atom. The molecule has 2 heterocycles. The molecule has 21 heavy (non-hydrogen) atoms. The molecule has 110 valence electrons. The molecule has 6 heteroatoms. The molecule has 1 fully saturated rings. The summed E-state index contributed by atoms with van der Waals surface area (Å²) >= 11 is 7.64. The van der Waals surface area contributed by atoms with Crippen LogP contribution in [0.1, 0.15) is 11.1 Å². The average Bonchev–Trinajstić information content (AvgIpc) is 3.09. The van der Waals surface area contributed by atoms with Gasteiger partial charge in [-0.2, -0.15) is 0 Å². The van der Waals surface area contributed by atoms with Crippen molar-refractivity contribution in [3.05, 3.63) is 53.3 Å². The van der Waals surface area contributed by atoms with E-state index in [2.05, 4.69) is 16.0 Å². The van der Waals surface area contributed by atoms with E-state index in [9.17, 15) is 4.79 Å². The number of nitrogens with zero attached hydrogens (tertiary/aromatic N) is 2. The molecule has 1 atom stereocenters. The topological polar surface area (TPSA) is 37.3 Å². The third-order valence-electron chi connectivity index (χ3n) is 3.48. The lowest BCUT2D eigenvalue weighted by atomic mass is 10.3. The molecular weight excluding hydrogens is 306 g/mol. The first-order valence-corrected chi connectivity index (χ1v) is 8.14. The van der Waals surface area contributed by atoms with Crippen molar-refractivity contribution < 1.29 is 4.79 Å². The van der Waals surface area contributed by atoms with Gasteiger partial charge in [0.05, 0.1) is 5.69 Å². The minimum absolute atomic E-state index is 0.0669. The van der Waals surface area contributed by atoms with E-state index in [1.807, 2.05) is 24.2 Å². The van der Waals surface area contributed by atoms with E-state index in [1.54, 1.807) is 36.0 Å². The summed E-state index contributed by atoms with van der Waals surface area (Å²) in [5, 5.41) is 3.65. The predicted octanol–water partition coefficient (Wildman–Crippen LogP) is 3.96. The van der Waals surface area contributed by atoms with Crippen molar-refractivity contribution in [2.24, 2.45) is 7.05 Å². The molecular formula is C15H16ClN3OS. The average molecular weight is 322 g/mol. The molecule has 1 aromatic heterocycles. The van der Waals surface area contributed by atoms with Gasteiger partial charge in [0.2, 0.25) is 0 Å². The highest BCUT2D eigenvalue weighted by molar-refractivity contribution is 7.99. The first-order valence-electron chi connectivity index (χ1n) is 6.71. The smallest absolute Gasteiger partial charge is 0.323 e. The Morgan fingerprint density at radius 1 is 1.33 bits per heavy atom. The number of halogens is 1. The molecule has 1 aliphatic heterocycles. The summed E-state index contributed by atoms with van der Waals surface area (Å²) in [7, 11) is 2.00. The van der Waals surface area contributed by atoms with Crippen LogP contribution < -0.4 is 5.32 Å². The van der Waals surface area contributed by atoms with Gasteiger partial charge >= 0.3 is 6.03 Å². The second-order valence-electron chi connectivity index (χ2n) is 4.90. The van der Waals surface area contributed by atoms with E-state index >= 15 is 0 Å². The molecule has 1 unspecified atom stereocenters. The van der Waals surface area contributed by atoms with Gasteiger partial charge in [-0.15, -0.1) is 11.8 Å². The molecule has 1 aromatic carbocycles. The number of urea groups is 1. The highest BCUT2D eigenvalue weighted by atomic mass is 35.5. The highest BCUT2D eigenvalue weighted by Gasteiger charge is 2.32. The van der Waals surface area contributed by atoms with E-state index in [-0.39, 0.29) is 11.4 Å². The van der Waals surface area contributed by atoms with E-state index in [4.69, 9.17) is 11.6 Å². The Bertz CT molecular complexity index is 641. The number of aryl methyl sites for hydroxylation is 1. The number of thioether (sulfide) groups is 1. The third kappa shape index (κ3) is 3.04. The lowest BCUT2D eigenvalue weighted by molar-refractivity contribution is 0.213. The lowest BCUT2D eigenvalue weighted by Gasteiger charge is -2.24. The minimum Gasteiger partial charge on any atom is -0.352 e. The number of anilines is 1. The SMILES string of the molecule is Cn1cccc1C1SCCN1C(=O)Nc1ccc(Cl)cc1. The maximum Gasteiger partial charge on any atom is 0.323 e. The second-order valence-corrected chi connectivity index (χ2v) is 6.52. The number of benzene rings is 1. The van der Waals surface area contributed by atoms with Gasteiger partial charge in [-0.1, -0.05) is 11.6 Å². The van der Waals surface area contributed by atoms with Gasteiger partial charge in [-0.05, 0) is 36.4 Å². The van der Waals surface area contributed by atoms with Crippen LogP contribution in [0.15, 0.2) is 42.6 Å². The van der Waals surface area contributed by atoms with Crippen LogP contribution in [-0.2, 0) is 7.05 Å². The minimum atomic E-state index is -0.0754. The summed E-state index contributed by atoms with van der Waals surface area (Å²) in [6.45, 7) is 0.750. The van der Waals surface area contributed by atoms with Crippen molar-refractivity contribution in [3.63, 3.8) is 0 Å². The zero-order valence-electron chi connectivity index (χ0n) is 11.6. The number of carbonyl (C=O) groups is 1. The van der Waals surface area contributed by atoms with Crippen molar-refractivity contribution in [3.8, 4) is 0 Å². The van der Waals surface area contributed by atoms with Gasteiger partial charge in [0, 0.05) is 36.3 Å². The van der Waals surface area contributed by atoms with Gasteiger partial charge in [0.1, 0.15) is 5.37 Å². The zero-order chi connectivity index (χ0) is 14.8. The van der Waals surface area contributed by atoms with Crippen molar-refractivity contribution in [1.82, 2.24) is 9.47 Å². The monoisotopic (exact) mass is 321 g/mol. The van der Waals surface area contributed by atoms with Crippen LogP contribution in [0, 0.1) is 0 Å². The number of carbonyl (C=O) groups excluding carboxylic acids is 1. The fourth-order valence-corrected chi connectivity index (χ4v) is 3.83. The molecule has 4 nitrogen and oxygen atoms in total. The maximum absolute atomic E-state index is 12.5. The van der Waals surface area contributed by atoms with Crippen LogP contribution in [0.3, 0.4) is 0 Å². The van der Waals surface area contributed by atoms with E-state index in [0.717, 1.165) is 23.7 Å². The molecule has 0 spiro atoms. The molecule has 1 aliphatic rings. The predicted molar refractivity (Wildman–Crippen MR) is 87.8 cm³/mol. The molecule has 1 N–H and O–H groups in total. The fourth-order valence-electron chi connectivity index (χ4n) is 2.38. The van der Waals surface area contributed by atoms with Crippen LogP contribution in [-0.4, -0.2) is 27.8 Å². The Balaban J connectivity index is 1.74. The molecule has 0 radical (unpaired) electrons. The number of aromatic nitrogens is 1. The molecule has 0 aliphatic carbocycles. The number of nitrogens with one attached hydrogen (secondary N) is 1. The van der Waals surface area contributed by atoms with E-state index in [1.165, 1.54) is 0 Å². The largest absolute Gasteiger partial charge is 0.352 e. The van der Waals surface area contributed by atoms with Crippen molar-refractivity contribution in [2.45, 2.75) is 5.37 Å². The molecule has 0 bridgehead atoms. The zero-order valence-corrected chi connectivity index (χ0v) is 13.2. The van der Waals surface area contributed by atoms with E-state index < -0.39 is 0 Å². The highest BCUT2D eigenvalue weighted by Crippen LogP contribution is 2.38. The quantitative estimate of drug-likeness (QED) is 0.909. The summed E-state index contributed by atoms with van der Waals surface area (Å²) in [5.41, 5.74) is 1.90. The van der Waals surface area contributed by atoms with Crippen molar-refractivity contribution in [2.75, 3.05) is 17.6 Å². The molecule has 1 saturated heterocycles. The van der Waals surface area contributed by atoms with E-state index in [0.29, 0.717) is 5.02 Å². The lowest BCUT2D eigenvalue weighted by Crippen LogP contribution is -2.34. The third-order valence-corrected chi connectivity index (χ3v) is 4.97. The van der Waals surface area contributed by atoms with Crippen LogP contribution in [0.2, 0.25) is 5.02 Å².